The molecule has 2 aromatic rings. The summed E-state index contributed by atoms with van der Waals surface area (Å²) in [4.78, 5) is 4.18. The van der Waals surface area contributed by atoms with Crippen molar-refractivity contribution < 1.29 is 5.21 Å². The zero-order valence-corrected chi connectivity index (χ0v) is 7.94. The van der Waals surface area contributed by atoms with Gasteiger partial charge in [-0.1, -0.05) is 22.8 Å². The van der Waals surface area contributed by atoms with Gasteiger partial charge in [0.1, 0.15) is 0 Å². The highest BCUT2D eigenvalue weighted by Gasteiger charge is 2.01. The number of oxime groups is 1. The zero-order valence-electron chi connectivity index (χ0n) is 7.18. The number of aromatic nitrogens is 1. The Bertz CT molecular complexity index is 496. The molecule has 0 bridgehead atoms. The topological polar surface area (TPSA) is 45.5 Å². The van der Waals surface area contributed by atoms with Gasteiger partial charge < -0.3 is 5.21 Å². The summed E-state index contributed by atoms with van der Waals surface area (Å²) in [6.07, 6.45) is 3.01. The van der Waals surface area contributed by atoms with Crippen LogP contribution >= 0.6 is 11.6 Å². The molecule has 0 aliphatic carbocycles. The average molecular weight is 207 g/mol. The van der Waals surface area contributed by atoms with E-state index in [1.54, 1.807) is 12.3 Å². The molecule has 0 unspecified atom stereocenters. The van der Waals surface area contributed by atoms with Crippen molar-refractivity contribution in [3.05, 3.63) is 41.0 Å². The van der Waals surface area contributed by atoms with Crippen molar-refractivity contribution in [2.24, 2.45) is 5.16 Å². The van der Waals surface area contributed by atoms with Gasteiger partial charge in [0.15, 0.2) is 0 Å². The van der Waals surface area contributed by atoms with Gasteiger partial charge in [-0.3, -0.25) is 4.98 Å². The summed E-state index contributed by atoms with van der Waals surface area (Å²) in [6, 6.07) is 7.26. The summed E-state index contributed by atoms with van der Waals surface area (Å²) < 4.78 is 0. The van der Waals surface area contributed by atoms with Crippen LogP contribution in [0.4, 0.5) is 0 Å². The minimum absolute atomic E-state index is 0.598. The molecule has 1 aromatic carbocycles. The normalized spacial score (nSPS) is 11.2. The Morgan fingerprint density at radius 2 is 2.29 bits per heavy atom. The van der Waals surface area contributed by atoms with E-state index in [2.05, 4.69) is 10.1 Å². The average Bonchev–Trinajstić information content (AvgIpc) is 2.18. The Morgan fingerprint density at radius 1 is 1.43 bits per heavy atom. The van der Waals surface area contributed by atoms with E-state index in [0.29, 0.717) is 10.6 Å². The van der Waals surface area contributed by atoms with Gasteiger partial charge in [-0.05, 0) is 18.2 Å². The molecule has 3 nitrogen and oxygen atoms in total. The van der Waals surface area contributed by atoms with Crippen molar-refractivity contribution in [2.45, 2.75) is 0 Å². The fourth-order valence-electron chi connectivity index (χ4n) is 1.34. The third-order valence-corrected chi connectivity index (χ3v) is 2.11. The van der Waals surface area contributed by atoms with Gasteiger partial charge in [-0.15, -0.1) is 0 Å². The predicted molar refractivity (Wildman–Crippen MR) is 56.1 cm³/mol. The van der Waals surface area contributed by atoms with Crippen LogP contribution < -0.4 is 0 Å². The summed E-state index contributed by atoms with van der Waals surface area (Å²) in [5.41, 5.74) is 1.48. The van der Waals surface area contributed by atoms with E-state index < -0.39 is 0 Å². The van der Waals surface area contributed by atoms with E-state index >= 15 is 0 Å². The summed E-state index contributed by atoms with van der Waals surface area (Å²) in [6.45, 7) is 0. The first kappa shape index (κ1) is 8.97. The Labute approximate surface area is 85.6 Å². The molecular formula is C10H7ClN2O. The SMILES string of the molecule is ON=Cc1cc(Cl)cc2cccnc12. The molecule has 1 N–H and O–H groups in total. The molecule has 70 valence electrons. The van der Waals surface area contributed by atoms with Gasteiger partial charge >= 0.3 is 0 Å². The molecule has 14 heavy (non-hydrogen) atoms. The van der Waals surface area contributed by atoms with Crippen LogP contribution in [0, 0.1) is 0 Å². The number of nitrogens with zero attached hydrogens (tertiary/aromatic N) is 2. The van der Waals surface area contributed by atoms with E-state index in [1.807, 2.05) is 18.2 Å². The van der Waals surface area contributed by atoms with Crippen LogP contribution in [0.25, 0.3) is 10.9 Å². The number of halogens is 1. The smallest absolute Gasteiger partial charge is 0.0792 e. The number of benzene rings is 1. The molecule has 4 heteroatoms. The molecule has 1 heterocycles. The minimum Gasteiger partial charge on any atom is -0.411 e. The predicted octanol–water partition coefficient (Wildman–Crippen LogP) is 2.70. The molecule has 0 spiro atoms. The first-order chi connectivity index (χ1) is 6.81. The van der Waals surface area contributed by atoms with E-state index in [9.17, 15) is 0 Å². The molecule has 1 aromatic heterocycles. The van der Waals surface area contributed by atoms with Crippen LogP contribution in [0.3, 0.4) is 0 Å². The molecule has 0 fully saturated rings. The summed E-state index contributed by atoms with van der Waals surface area (Å²) in [5, 5.41) is 13.0. The molecule has 0 aliphatic heterocycles. The van der Waals surface area contributed by atoms with Gasteiger partial charge in [0.25, 0.3) is 0 Å². The highest BCUT2D eigenvalue weighted by Crippen LogP contribution is 2.20. The number of pyridine rings is 1. The van der Waals surface area contributed by atoms with E-state index in [4.69, 9.17) is 16.8 Å². The van der Waals surface area contributed by atoms with Gasteiger partial charge in [-0.2, -0.15) is 0 Å². The number of rotatable bonds is 1. The molecular weight excluding hydrogens is 200 g/mol. The van der Waals surface area contributed by atoms with Crippen molar-refractivity contribution in [3.8, 4) is 0 Å². The standard InChI is InChI=1S/C10H7ClN2O/c11-9-4-7-2-1-3-12-10(7)8(5-9)6-13-14/h1-6,14H. The van der Waals surface area contributed by atoms with Crippen molar-refractivity contribution in [3.63, 3.8) is 0 Å². The minimum atomic E-state index is 0.598. The Morgan fingerprint density at radius 3 is 3.07 bits per heavy atom. The monoisotopic (exact) mass is 206 g/mol. The van der Waals surface area contributed by atoms with Crippen molar-refractivity contribution in [2.75, 3.05) is 0 Å². The molecule has 0 aliphatic rings. The highest BCUT2D eigenvalue weighted by atomic mass is 35.5. The highest BCUT2D eigenvalue weighted by molar-refractivity contribution is 6.31. The maximum absolute atomic E-state index is 8.47. The first-order valence-corrected chi connectivity index (χ1v) is 4.41. The first-order valence-electron chi connectivity index (χ1n) is 4.03. The second-order valence-electron chi connectivity index (χ2n) is 2.81. The third kappa shape index (κ3) is 1.54. The van der Waals surface area contributed by atoms with E-state index in [0.717, 1.165) is 10.9 Å². The van der Waals surface area contributed by atoms with Gasteiger partial charge in [0.2, 0.25) is 0 Å². The molecule has 0 saturated carbocycles. The van der Waals surface area contributed by atoms with Crippen molar-refractivity contribution in [1.82, 2.24) is 4.98 Å². The van der Waals surface area contributed by atoms with Gasteiger partial charge in [0.05, 0.1) is 11.7 Å². The number of hydrogen-bond acceptors (Lipinski definition) is 3. The lowest BCUT2D eigenvalue weighted by Gasteiger charge is -2.00. The largest absolute Gasteiger partial charge is 0.411 e. The second-order valence-corrected chi connectivity index (χ2v) is 3.25. The van der Waals surface area contributed by atoms with Gasteiger partial charge in [0, 0.05) is 22.2 Å². The van der Waals surface area contributed by atoms with Crippen LogP contribution in [0.1, 0.15) is 5.56 Å². The van der Waals surface area contributed by atoms with Crippen LogP contribution in [0.2, 0.25) is 5.02 Å². The molecule has 0 saturated heterocycles. The second kappa shape index (κ2) is 3.64. The number of hydrogen-bond donors (Lipinski definition) is 1. The van der Waals surface area contributed by atoms with Gasteiger partial charge in [-0.25, -0.2) is 0 Å². The van der Waals surface area contributed by atoms with Crippen molar-refractivity contribution >= 4 is 28.7 Å². The lowest BCUT2D eigenvalue weighted by atomic mass is 10.1. The maximum Gasteiger partial charge on any atom is 0.0792 e. The molecule has 2 rings (SSSR count). The summed E-state index contributed by atoms with van der Waals surface area (Å²) >= 11 is 5.89. The van der Waals surface area contributed by atoms with Crippen LogP contribution in [0.5, 0.6) is 0 Å². The van der Waals surface area contributed by atoms with E-state index in [1.165, 1.54) is 6.21 Å². The maximum atomic E-state index is 8.47. The molecule has 0 atom stereocenters. The lowest BCUT2D eigenvalue weighted by molar-refractivity contribution is 0.322. The van der Waals surface area contributed by atoms with Crippen LogP contribution in [0.15, 0.2) is 35.6 Å². The Hall–Kier alpha value is -1.61. The Kier molecular flexibility index (Phi) is 2.33. The Balaban J connectivity index is 2.79. The zero-order chi connectivity index (χ0) is 9.97. The molecule has 0 radical (unpaired) electrons. The molecule has 0 amide bonds. The van der Waals surface area contributed by atoms with Crippen LogP contribution in [-0.2, 0) is 0 Å². The third-order valence-electron chi connectivity index (χ3n) is 1.90. The quantitative estimate of drug-likeness (QED) is 0.443. The lowest BCUT2D eigenvalue weighted by Crippen LogP contribution is -1.87. The van der Waals surface area contributed by atoms with E-state index in [-0.39, 0.29) is 0 Å². The summed E-state index contributed by atoms with van der Waals surface area (Å²) in [5.74, 6) is 0. The van der Waals surface area contributed by atoms with Crippen LogP contribution in [-0.4, -0.2) is 16.4 Å². The fraction of sp³-hybridized carbons (Fsp3) is 0. The fourth-order valence-corrected chi connectivity index (χ4v) is 1.58. The van der Waals surface area contributed by atoms with Crippen molar-refractivity contribution in [1.29, 1.82) is 0 Å². The number of fused-ring (bicyclic) bond motifs is 1. The summed E-state index contributed by atoms with van der Waals surface area (Å²) in [7, 11) is 0.